The van der Waals surface area contributed by atoms with Crippen LogP contribution in [-0.4, -0.2) is 47.5 Å². The Hall–Kier alpha value is -0.590. The van der Waals surface area contributed by atoms with Crippen molar-refractivity contribution in [3.05, 3.63) is 0 Å². The molecule has 0 aromatic carbocycles. The van der Waals surface area contributed by atoms with Crippen molar-refractivity contribution in [3.8, 4) is 0 Å². The Balaban J connectivity index is 2.15. The van der Waals surface area contributed by atoms with Gasteiger partial charge in [-0.1, -0.05) is 0 Å². The van der Waals surface area contributed by atoms with Gasteiger partial charge in [0, 0.05) is 6.04 Å². The smallest absolute Gasteiger partial charge is 0.303 e. The van der Waals surface area contributed by atoms with E-state index in [2.05, 4.69) is 5.32 Å². The average molecular weight is 316 g/mol. The van der Waals surface area contributed by atoms with Gasteiger partial charge in [-0.25, -0.2) is 0 Å². The lowest BCUT2D eigenvalue weighted by atomic mass is 9.70. The van der Waals surface area contributed by atoms with Crippen molar-refractivity contribution < 1.29 is 14.7 Å². The highest BCUT2D eigenvalue weighted by molar-refractivity contribution is 7.99. The Morgan fingerprint density at radius 2 is 2.05 bits per heavy atom. The molecule has 0 radical (unpaired) electrons. The van der Waals surface area contributed by atoms with E-state index >= 15 is 0 Å². The first kappa shape index (κ1) is 18.5. The quantitative estimate of drug-likeness (QED) is 0.531. The molecular formula is C15H28N2O3S. The maximum absolute atomic E-state index is 10.9. The number of carboxylic acid groups (broad SMARTS) is 1. The summed E-state index contributed by atoms with van der Waals surface area (Å²) in [7, 11) is 0. The first-order valence-electron chi connectivity index (χ1n) is 7.70. The van der Waals surface area contributed by atoms with Gasteiger partial charge >= 0.3 is 5.97 Å². The van der Waals surface area contributed by atoms with Gasteiger partial charge in [0.05, 0.1) is 12.2 Å². The van der Waals surface area contributed by atoms with E-state index in [1.165, 1.54) is 0 Å². The second-order valence-electron chi connectivity index (χ2n) is 6.11. The van der Waals surface area contributed by atoms with E-state index in [9.17, 15) is 9.59 Å². The summed E-state index contributed by atoms with van der Waals surface area (Å²) in [6.07, 6.45) is 5.05. The van der Waals surface area contributed by atoms with Gasteiger partial charge in [0.15, 0.2) is 0 Å². The SMILES string of the molecule is CC(=O)CSCCCNC1CCC(CN)(CC(=O)O)CC1. The normalized spacial score (nSPS) is 25.7. The molecule has 6 heteroatoms. The molecule has 0 heterocycles. The molecule has 1 aliphatic carbocycles. The molecule has 0 aliphatic heterocycles. The average Bonchev–Trinajstić information content (AvgIpc) is 2.43. The topological polar surface area (TPSA) is 92.4 Å². The van der Waals surface area contributed by atoms with Crippen molar-refractivity contribution in [2.24, 2.45) is 11.1 Å². The van der Waals surface area contributed by atoms with E-state index in [0.717, 1.165) is 44.4 Å². The van der Waals surface area contributed by atoms with Gasteiger partial charge in [0.2, 0.25) is 0 Å². The Bertz CT molecular complexity index is 342. The first-order chi connectivity index (χ1) is 9.97. The highest BCUT2D eigenvalue weighted by Crippen LogP contribution is 2.38. The van der Waals surface area contributed by atoms with E-state index in [1.54, 1.807) is 18.7 Å². The molecule has 1 fully saturated rings. The number of Topliss-reactive ketones (excluding diaryl/α,β-unsaturated/α-hetero) is 1. The van der Waals surface area contributed by atoms with Crippen molar-refractivity contribution in [2.75, 3.05) is 24.6 Å². The molecule has 0 amide bonds. The van der Waals surface area contributed by atoms with E-state index in [0.29, 0.717) is 18.3 Å². The predicted octanol–water partition coefficient (Wildman–Crippen LogP) is 1.65. The zero-order chi connectivity index (χ0) is 15.7. The fourth-order valence-electron chi connectivity index (χ4n) is 2.90. The maximum Gasteiger partial charge on any atom is 0.303 e. The third-order valence-electron chi connectivity index (χ3n) is 4.21. The van der Waals surface area contributed by atoms with Crippen LogP contribution in [0.5, 0.6) is 0 Å². The number of ketones is 1. The van der Waals surface area contributed by atoms with Gasteiger partial charge in [0.25, 0.3) is 0 Å². The third-order valence-corrected chi connectivity index (χ3v) is 5.40. The van der Waals surface area contributed by atoms with Gasteiger partial charge in [-0.3, -0.25) is 9.59 Å². The molecule has 1 saturated carbocycles. The minimum atomic E-state index is -0.741. The summed E-state index contributed by atoms with van der Waals surface area (Å²) in [5.74, 6) is 1.11. The zero-order valence-electron chi connectivity index (χ0n) is 12.9. The number of hydrogen-bond donors (Lipinski definition) is 3. The van der Waals surface area contributed by atoms with Crippen LogP contribution in [0.3, 0.4) is 0 Å². The number of nitrogens with two attached hydrogens (primary N) is 1. The van der Waals surface area contributed by atoms with Crippen LogP contribution in [0.4, 0.5) is 0 Å². The molecule has 0 unspecified atom stereocenters. The summed E-state index contributed by atoms with van der Waals surface area (Å²) in [6.45, 7) is 3.05. The number of aliphatic carboxylic acids is 1. The van der Waals surface area contributed by atoms with Crippen LogP contribution in [0, 0.1) is 5.41 Å². The van der Waals surface area contributed by atoms with Gasteiger partial charge in [0.1, 0.15) is 5.78 Å². The molecule has 0 atom stereocenters. The molecule has 1 rings (SSSR count). The molecule has 0 bridgehead atoms. The molecule has 0 aromatic heterocycles. The number of carbonyl (C=O) groups is 2. The monoisotopic (exact) mass is 316 g/mol. The lowest BCUT2D eigenvalue weighted by Gasteiger charge is -2.38. The van der Waals surface area contributed by atoms with Gasteiger partial charge in [-0.2, -0.15) is 11.8 Å². The summed E-state index contributed by atoms with van der Waals surface area (Å²) in [5, 5.41) is 12.5. The Morgan fingerprint density at radius 1 is 1.38 bits per heavy atom. The molecule has 122 valence electrons. The van der Waals surface area contributed by atoms with Crippen molar-refractivity contribution in [3.63, 3.8) is 0 Å². The van der Waals surface area contributed by atoms with Crippen LogP contribution in [0.25, 0.3) is 0 Å². The van der Waals surface area contributed by atoms with Crippen LogP contribution in [0.15, 0.2) is 0 Å². The lowest BCUT2D eigenvalue weighted by Crippen LogP contribution is -2.42. The van der Waals surface area contributed by atoms with Crippen molar-refractivity contribution in [1.82, 2.24) is 5.32 Å². The van der Waals surface area contributed by atoms with Crippen LogP contribution < -0.4 is 11.1 Å². The van der Waals surface area contributed by atoms with Crippen molar-refractivity contribution in [1.29, 1.82) is 0 Å². The van der Waals surface area contributed by atoms with E-state index in [-0.39, 0.29) is 17.6 Å². The maximum atomic E-state index is 10.9. The standard InChI is InChI=1S/C15H28N2O3S/c1-12(18)10-21-8-2-7-17-13-3-5-15(11-16,6-4-13)9-14(19)20/h13,17H,2-11,16H2,1H3,(H,19,20). The summed E-state index contributed by atoms with van der Waals surface area (Å²) in [4.78, 5) is 21.7. The van der Waals surface area contributed by atoms with Gasteiger partial charge in [-0.05, 0) is 63.3 Å². The fraction of sp³-hybridized carbons (Fsp3) is 0.867. The van der Waals surface area contributed by atoms with Crippen LogP contribution in [0.2, 0.25) is 0 Å². The van der Waals surface area contributed by atoms with Crippen molar-refractivity contribution in [2.45, 2.75) is 51.5 Å². The van der Waals surface area contributed by atoms with Crippen LogP contribution in [0.1, 0.15) is 45.4 Å². The summed E-state index contributed by atoms with van der Waals surface area (Å²) < 4.78 is 0. The minimum Gasteiger partial charge on any atom is -0.481 e. The predicted molar refractivity (Wildman–Crippen MR) is 86.6 cm³/mol. The van der Waals surface area contributed by atoms with Crippen LogP contribution >= 0.6 is 11.8 Å². The Labute approximate surface area is 131 Å². The molecule has 4 N–H and O–H groups in total. The molecule has 21 heavy (non-hydrogen) atoms. The van der Waals surface area contributed by atoms with Crippen LogP contribution in [-0.2, 0) is 9.59 Å². The highest BCUT2D eigenvalue weighted by Gasteiger charge is 2.35. The number of carboxylic acids is 1. The van der Waals surface area contributed by atoms with E-state index < -0.39 is 5.97 Å². The van der Waals surface area contributed by atoms with Gasteiger partial charge < -0.3 is 16.2 Å². The van der Waals surface area contributed by atoms with E-state index in [1.807, 2.05) is 0 Å². The van der Waals surface area contributed by atoms with E-state index in [4.69, 9.17) is 10.8 Å². The fourth-order valence-corrected chi connectivity index (χ4v) is 3.68. The molecular weight excluding hydrogens is 288 g/mol. The Morgan fingerprint density at radius 3 is 2.57 bits per heavy atom. The van der Waals surface area contributed by atoms with Gasteiger partial charge in [-0.15, -0.1) is 0 Å². The molecule has 1 aliphatic rings. The number of rotatable bonds is 10. The molecule has 0 spiro atoms. The number of thioether (sulfide) groups is 1. The Kier molecular flexibility index (Phi) is 8.29. The number of carbonyl (C=O) groups excluding carboxylic acids is 1. The molecule has 0 aromatic rings. The largest absolute Gasteiger partial charge is 0.481 e. The highest BCUT2D eigenvalue weighted by atomic mass is 32.2. The zero-order valence-corrected chi connectivity index (χ0v) is 13.7. The second-order valence-corrected chi connectivity index (χ2v) is 7.22. The third kappa shape index (κ3) is 7.29. The summed E-state index contributed by atoms with van der Waals surface area (Å²) >= 11 is 1.69. The summed E-state index contributed by atoms with van der Waals surface area (Å²) in [6, 6.07) is 0.483. The minimum absolute atomic E-state index is 0.192. The second kappa shape index (κ2) is 9.43. The number of hydrogen-bond acceptors (Lipinski definition) is 5. The number of nitrogens with one attached hydrogen (secondary N) is 1. The molecule has 0 saturated heterocycles. The first-order valence-corrected chi connectivity index (χ1v) is 8.85. The molecule has 5 nitrogen and oxygen atoms in total. The van der Waals surface area contributed by atoms with Crippen molar-refractivity contribution >= 4 is 23.5 Å². The lowest BCUT2D eigenvalue weighted by molar-refractivity contribution is -0.140. The summed E-state index contributed by atoms with van der Waals surface area (Å²) in [5.41, 5.74) is 5.60.